The van der Waals surface area contributed by atoms with Crippen molar-refractivity contribution in [2.75, 3.05) is 6.54 Å². The Kier molecular flexibility index (Phi) is 4.07. The van der Waals surface area contributed by atoms with Gasteiger partial charge >= 0.3 is 0 Å². The predicted molar refractivity (Wildman–Crippen MR) is 93.1 cm³/mol. The molecule has 0 bridgehead atoms. The number of sulfonamides is 1. The third kappa shape index (κ3) is 2.70. The summed E-state index contributed by atoms with van der Waals surface area (Å²) in [5.74, 6) is 0. The van der Waals surface area contributed by atoms with Crippen molar-refractivity contribution in [1.82, 2.24) is 4.31 Å². The van der Waals surface area contributed by atoms with Gasteiger partial charge in [-0.05, 0) is 73.6 Å². The molecule has 4 heteroatoms. The van der Waals surface area contributed by atoms with Crippen LogP contribution in [0.5, 0.6) is 0 Å². The minimum absolute atomic E-state index is 0.456. The van der Waals surface area contributed by atoms with Crippen molar-refractivity contribution < 1.29 is 8.42 Å². The number of hydrogen-bond donors (Lipinski definition) is 0. The summed E-state index contributed by atoms with van der Waals surface area (Å²) >= 11 is 0. The molecule has 0 radical (unpaired) electrons. The Bertz CT molecular complexity index is 869. The van der Waals surface area contributed by atoms with Crippen molar-refractivity contribution >= 4 is 10.0 Å². The van der Waals surface area contributed by atoms with Crippen LogP contribution in [0.3, 0.4) is 0 Å². The van der Waals surface area contributed by atoms with Crippen LogP contribution in [0, 0.1) is 27.7 Å². The minimum Gasteiger partial charge on any atom is -0.207 e. The smallest absolute Gasteiger partial charge is 0.207 e. The highest BCUT2D eigenvalue weighted by Crippen LogP contribution is 2.30. The SMILES string of the molecule is Cc1cc(S(=O)(=O)N2CCc3ccccc3C2)c(C)c(C)c1C. The van der Waals surface area contributed by atoms with Crippen LogP contribution >= 0.6 is 0 Å². The first-order valence-corrected chi connectivity index (χ1v) is 9.40. The van der Waals surface area contributed by atoms with Crippen molar-refractivity contribution in [2.24, 2.45) is 0 Å². The molecule has 1 aliphatic rings. The lowest BCUT2D eigenvalue weighted by Crippen LogP contribution is -2.36. The van der Waals surface area contributed by atoms with Crippen molar-refractivity contribution in [3.05, 3.63) is 63.7 Å². The molecule has 0 aliphatic carbocycles. The van der Waals surface area contributed by atoms with E-state index in [1.54, 1.807) is 4.31 Å². The van der Waals surface area contributed by atoms with E-state index in [0.717, 1.165) is 28.7 Å². The van der Waals surface area contributed by atoms with Crippen LogP contribution in [-0.2, 0) is 23.0 Å². The first-order valence-electron chi connectivity index (χ1n) is 7.96. The van der Waals surface area contributed by atoms with E-state index >= 15 is 0 Å². The molecule has 3 nitrogen and oxygen atoms in total. The van der Waals surface area contributed by atoms with Gasteiger partial charge < -0.3 is 0 Å². The molecule has 1 aliphatic heterocycles. The van der Waals surface area contributed by atoms with Gasteiger partial charge in [0.25, 0.3) is 0 Å². The number of benzene rings is 2. The fraction of sp³-hybridized carbons (Fsp3) is 0.368. The average molecular weight is 329 g/mol. The van der Waals surface area contributed by atoms with Gasteiger partial charge in [0.1, 0.15) is 0 Å². The molecule has 1 heterocycles. The van der Waals surface area contributed by atoms with E-state index in [9.17, 15) is 8.42 Å². The Morgan fingerprint density at radius 1 is 0.913 bits per heavy atom. The molecule has 0 unspecified atom stereocenters. The van der Waals surface area contributed by atoms with Crippen molar-refractivity contribution in [2.45, 2.75) is 45.6 Å². The third-order valence-corrected chi connectivity index (χ3v) is 7.12. The molecule has 0 saturated carbocycles. The molecule has 0 aromatic heterocycles. The molecule has 0 amide bonds. The molecular formula is C19H23NO2S. The predicted octanol–water partition coefficient (Wildman–Crippen LogP) is 3.67. The normalized spacial score (nSPS) is 15.5. The molecule has 0 N–H and O–H groups in total. The van der Waals surface area contributed by atoms with Gasteiger partial charge in [-0.3, -0.25) is 0 Å². The minimum atomic E-state index is -3.46. The number of hydrogen-bond acceptors (Lipinski definition) is 2. The second kappa shape index (κ2) is 5.77. The van der Waals surface area contributed by atoms with Gasteiger partial charge in [0, 0.05) is 13.1 Å². The summed E-state index contributed by atoms with van der Waals surface area (Å²) in [6.07, 6.45) is 0.776. The monoisotopic (exact) mass is 329 g/mol. The Hall–Kier alpha value is -1.65. The zero-order chi connectivity index (χ0) is 16.8. The molecule has 0 atom stereocenters. The van der Waals surface area contributed by atoms with Gasteiger partial charge in [0.2, 0.25) is 10.0 Å². The maximum absolute atomic E-state index is 13.2. The van der Waals surface area contributed by atoms with Crippen LogP contribution < -0.4 is 0 Å². The molecule has 0 spiro atoms. The molecule has 122 valence electrons. The molecule has 3 rings (SSSR count). The fourth-order valence-electron chi connectivity index (χ4n) is 3.26. The zero-order valence-electron chi connectivity index (χ0n) is 14.2. The highest BCUT2D eigenvalue weighted by atomic mass is 32.2. The van der Waals surface area contributed by atoms with E-state index in [1.165, 1.54) is 11.1 Å². The topological polar surface area (TPSA) is 37.4 Å². The van der Waals surface area contributed by atoms with Crippen LogP contribution in [0.25, 0.3) is 0 Å². The van der Waals surface area contributed by atoms with E-state index in [0.29, 0.717) is 18.0 Å². The summed E-state index contributed by atoms with van der Waals surface area (Å²) in [7, 11) is -3.46. The lowest BCUT2D eigenvalue weighted by Gasteiger charge is -2.29. The van der Waals surface area contributed by atoms with Crippen molar-refractivity contribution in [1.29, 1.82) is 0 Å². The van der Waals surface area contributed by atoms with Gasteiger partial charge in [-0.2, -0.15) is 4.31 Å². The average Bonchev–Trinajstić information content (AvgIpc) is 2.55. The van der Waals surface area contributed by atoms with Gasteiger partial charge in [-0.25, -0.2) is 8.42 Å². The summed E-state index contributed by atoms with van der Waals surface area (Å²) in [4.78, 5) is 0.456. The Morgan fingerprint density at radius 3 is 2.26 bits per heavy atom. The largest absolute Gasteiger partial charge is 0.243 e. The Balaban J connectivity index is 2.04. The molecule has 2 aromatic rings. The summed E-state index contributed by atoms with van der Waals surface area (Å²) in [6.45, 7) is 8.95. The highest BCUT2D eigenvalue weighted by molar-refractivity contribution is 7.89. The molecular weight excluding hydrogens is 306 g/mol. The Labute approximate surface area is 139 Å². The van der Waals surface area contributed by atoms with Crippen molar-refractivity contribution in [3.8, 4) is 0 Å². The summed E-state index contributed by atoms with van der Waals surface area (Å²) in [5, 5.41) is 0. The third-order valence-electron chi connectivity index (χ3n) is 5.15. The van der Waals surface area contributed by atoms with E-state index in [-0.39, 0.29) is 0 Å². The molecule has 2 aromatic carbocycles. The summed E-state index contributed by atoms with van der Waals surface area (Å²) < 4.78 is 27.9. The maximum Gasteiger partial charge on any atom is 0.243 e. The van der Waals surface area contributed by atoms with E-state index < -0.39 is 10.0 Å². The molecule has 0 fully saturated rings. The standard InChI is InChI=1S/C19H23NO2S/c1-13-11-19(16(4)15(3)14(13)2)23(21,22)20-10-9-17-7-5-6-8-18(17)12-20/h5-8,11H,9-10,12H2,1-4H3. The number of aryl methyl sites for hydroxylation is 1. The van der Waals surface area contributed by atoms with E-state index in [4.69, 9.17) is 0 Å². The van der Waals surface area contributed by atoms with Crippen LogP contribution in [0.2, 0.25) is 0 Å². The maximum atomic E-state index is 13.2. The lowest BCUT2D eigenvalue weighted by molar-refractivity contribution is 0.391. The number of fused-ring (bicyclic) bond motifs is 1. The fourth-order valence-corrected chi connectivity index (χ4v) is 5.04. The van der Waals surface area contributed by atoms with E-state index in [2.05, 4.69) is 6.07 Å². The summed E-state index contributed by atoms with van der Waals surface area (Å²) in [6, 6.07) is 9.92. The van der Waals surface area contributed by atoms with Gasteiger partial charge in [0.15, 0.2) is 0 Å². The van der Waals surface area contributed by atoms with Gasteiger partial charge in [-0.1, -0.05) is 24.3 Å². The molecule has 23 heavy (non-hydrogen) atoms. The second-order valence-electron chi connectivity index (χ2n) is 6.42. The van der Waals surface area contributed by atoms with Crippen LogP contribution in [0.4, 0.5) is 0 Å². The quantitative estimate of drug-likeness (QED) is 0.843. The van der Waals surface area contributed by atoms with Crippen LogP contribution in [-0.4, -0.2) is 19.3 Å². The first-order chi connectivity index (χ1) is 10.8. The zero-order valence-corrected chi connectivity index (χ0v) is 15.0. The van der Waals surface area contributed by atoms with Crippen molar-refractivity contribution in [3.63, 3.8) is 0 Å². The summed E-state index contributed by atoms with van der Waals surface area (Å²) in [5.41, 5.74) is 6.51. The second-order valence-corrected chi connectivity index (χ2v) is 8.33. The number of nitrogens with zero attached hydrogens (tertiary/aromatic N) is 1. The van der Waals surface area contributed by atoms with Gasteiger partial charge in [-0.15, -0.1) is 0 Å². The van der Waals surface area contributed by atoms with Crippen LogP contribution in [0.1, 0.15) is 33.4 Å². The van der Waals surface area contributed by atoms with E-state index in [1.807, 2.05) is 52.0 Å². The first kappa shape index (κ1) is 16.2. The lowest BCUT2D eigenvalue weighted by atomic mass is 10.00. The molecule has 0 saturated heterocycles. The van der Waals surface area contributed by atoms with Gasteiger partial charge in [0.05, 0.1) is 4.90 Å². The van der Waals surface area contributed by atoms with Crippen LogP contribution in [0.15, 0.2) is 35.2 Å². The highest BCUT2D eigenvalue weighted by Gasteiger charge is 2.30. The number of rotatable bonds is 2. The Morgan fingerprint density at radius 2 is 1.57 bits per heavy atom.